The average molecular weight is 267 g/mol. The maximum atomic E-state index is 11.8. The highest BCUT2D eigenvalue weighted by Gasteiger charge is 2.02. The zero-order valence-electron chi connectivity index (χ0n) is 12.1. The van der Waals surface area contributed by atoms with E-state index in [4.69, 9.17) is 0 Å². The van der Waals surface area contributed by atoms with E-state index in [-0.39, 0.29) is 5.91 Å². The van der Waals surface area contributed by atoms with E-state index < -0.39 is 0 Å². The molecule has 0 aliphatic rings. The molecule has 2 aromatic carbocycles. The molecule has 0 aliphatic carbocycles. The van der Waals surface area contributed by atoms with Crippen molar-refractivity contribution in [3.8, 4) is 0 Å². The lowest BCUT2D eigenvalue weighted by Crippen LogP contribution is -2.22. The zero-order valence-corrected chi connectivity index (χ0v) is 12.1. The molecule has 20 heavy (non-hydrogen) atoms. The van der Waals surface area contributed by atoms with E-state index in [0.717, 1.165) is 12.0 Å². The quantitative estimate of drug-likeness (QED) is 0.882. The van der Waals surface area contributed by atoms with Crippen LogP contribution in [0.1, 0.15) is 28.7 Å². The SMILES string of the molecule is Cc1ccc(CCC(=O)NCc2ccc(C)cc2)cc1. The molecule has 0 unspecified atom stereocenters. The minimum atomic E-state index is 0.103. The number of carbonyl (C=O) groups is 1. The van der Waals surface area contributed by atoms with Crippen molar-refractivity contribution >= 4 is 5.91 Å². The first-order valence-electron chi connectivity index (χ1n) is 7.01. The molecule has 0 heterocycles. The number of amides is 1. The summed E-state index contributed by atoms with van der Waals surface area (Å²) < 4.78 is 0. The fraction of sp³-hybridized carbons (Fsp3) is 0.278. The highest BCUT2D eigenvalue weighted by atomic mass is 16.1. The highest BCUT2D eigenvalue weighted by Crippen LogP contribution is 2.06. The summed E-state index contributed by atoms with van der Waals surface area (Å²) >= 11 is 0. The van der Waals surface area contributed by atoms with E-state index >= 15 is 0 Å². The van der Waals surface area contributed by atoms with Crippen LogP contribution in [0.5, 0.6) is 0 Å². The number of rotatable bonds is 5. The molecule has 0 spiro atoms. The van der Waals surface area contributed by atoms with Gasteiger partial charge in [-0.1, -0.05) is 59.7 Å². The van der Waals surface area contributed by atoms with Crippen molar-refractivity contribution in [2.75, 3.05) is 0 Å². The molecule has 0 bridgehead atoms. The number of aryl methyl sites for hydroxylation is 3. The van der Waals surface area contributed by atoms with Crippen molar-refractivity contribution in [1.29, 1.82) is 0 Å². The Kier molecular flexibility index (Phi) is 4.94. The normalized spacial score (nSPS) is 10.3. The van der Waals surface area contributed by atoms with E-state index in [2.05, 4.69) is 67.7 Å². The molecule has 0 aliphatic heterocycles. The molecule has 2 heteroatoms. The van der Waals surface area contributed by atoms with E-state index in [1.165, 1.54) is 16.7 Å². The summed E-state index contributed by atoms with van der Waals surface area (Å²) in [5.41, 5.74) is 4.83. The van der Waals surface area contributed by atoms with Crippen LogP contribution in [0.15, 0.2) is 48.5 Å². The Morgan fingerprint density at radius 2 is 1.35 bits per heavy atom. The summed E-state index contributed by atoms with van der Waals surface area (Å²) in [6, 6.07) is 16.6. The van der Waals surface area contributed by atoms with E-state index in [9.17, 15) is 4.79 Å². The molecule has 0 fully saturated rings. The summed E-state index contributed by atoms with van der Waals surface area (Å²) in [5.74, 6) is 0.103. The Labute approximate surface area is 120 Å². The number of carbonyl (C=O) groups excluding carboxylic acids is 1. The molecule has 2 rings (SSSR count). The summed E-state index contributed by atoms with van der Waals surface area (Å²) in [7, 11) is 0. The molecule has 0 aromatic heterocycles. The van der Waals surface area contributed by atoms with Crippen LogP contribution in [0.2, 0.25) is 0 Å². The molecular formula is C18H21NO. The van der Waals surface area contributed by atoms with Gasteiger partial charge in [0.15, 0.2) is 0 Å². The van der Waals surface area contributed by atoms with Crippen LogP contribution < -0.4 is 5.32 Å². The van der Waals surface area contributed by atoms with Crippen LogP contribution in [-0.4, -0.2) is 5.91 Å². The monoisotopic (exact) mass is 267 g/mol. The van der Waals surface area contributed by atoms with Gasteiger partial charge in [0.25, 0.3) is 0 Å². The second kappa shape index (κ2) is 6.90. The van der Waals surface area contributed by atoms with Crippen LogP contribution >= 0.6 is 0 Å². The lowest BCUT2D eigenvalue weighted by molar-refractivity contribution is -0.121. The predicted molar refractivity (Wildman–Crippen MR) is 82.5 cm³/mol. The third-order valence-corrected chi connectivity index (χ3v) is 3.37. The molecule has 2 aromatic rings. The van der Waals surface area contributed by atoms with Crippen LogP contribution in [-0.2, 0) is 17.8 Å². The molecule has 0 saturated carbocycles. The van der Waals surface area contributed by atoms with Crippen molar-refractivity contribution in [2.45, 2.75) is 33.2 Å². The van der Waals surface area contributed by atoms with Gasteiger partial charge in [0, 0.05) is 13.0 Å². The molecule has 2 nitrogen and oxygen atoms in total. The number of nitrogens with one attached hydrogen (secondary N) is 1. The minimum absolute atomic E-state index is 0.103. The van der Waals surface area contributed by atoms with Crippen LogP contribution in [0, 0.1) is 13.8 Å². The van der Waals surface area contributed by atoms with Gasteiger partial charge < -0.3 is 5.32 Å². The maximum absolute atomic E-state index is 11.8. The molecule has 104 valence electrons. The van der Waals surface area contributed by atoms with E-state index in [0.29, 0.717) is 13.0 Å². The predicted octanol–water partition coefficient (Wildman–Crippen LogP) is 3.55. The summed E-state index contributed by atoms with van der Waals surface area (Å²) in [6.07, 6.45) is 1.33. The maximum Gasteiger partial charge on any atom is 0.220 e. The molecule has 0 atom stereocenters. The summed E-state index contributed by atoms with van der Waals surface area (Å²) in [4.78, 5) is 11.8. The van der Waals surface area contributed by atoms with Crippen LogP contribution in [0.4, 0.5) is 0 Å². The smallest absolute Gasteiger partial charge is 0.220 e. The van der Waals surface area contributed by atoms with Gasteiger partial charge >= 0.3 is 0 Å². The fourth-order valence-electron chi connectivity index (χ4n) is 2.01. The van der Waals surface area contributed by atoms with Crippen molar-refractivity contribution in [1.82, 2.24) is 5.32 Å². The van der Waals surface area contributed by atoms with Gasteiger partial charge in [-0.15, -0.1) is 0 Å². The molecule has 0 radical (unpaired) electrons. The third-order valence-electron chi connectivity index (χ3n) is 3.37. The largest absolute Gasteiger partial charge is 0.352 e. The van der Waals surface area contributed by atoms with Gasteiger partial charge in [-0.05, 0) is 31.4 Å². The standard InChI is InChI=1S/C18H21NO/c1-14-3-7-16(8-4-14)11-12-18(20)19-13-17-9-5-15(2)6-10-17/h3-10H,11-13H2,1-2H3,(H,19,20). The zero-order chi connectivity index (χ0) is 14.4. The van der Waals surface area contributed by atoms with Gasteiger partial charge in [-0.3, -0.25) is 4.79 Å². The van der Waals surface area contributed by atoms with Crippen LogP contribution in [0.25, 0.3) is 0 Å². The average Bonchev–Trinajstić information content (AvgIpc) is 2.46. The van der Waals surface area contributed by atoms with Gasteiger partial charge in [0.1, 0.15) is 0 Å². The first-order valence-corrected chi connectivity index (χ1v) is 7.01. The number of hydrogen-bond donors (Lipinski definition) is 1. The lowest BCUT2D eigenvalue weighted by atomic mass is 10.1. The molecular weight excluding hydrogens is 246 g/mol. The first-order chi connectivity index (χ1) is 9.63. The molecule has 1 N–H and O–H groups in total. The second-order valence-corrected chi connectivity index (χ2v) is 5.25. The van der Waals surface area contributed by atoms with Gasteiger partial charge in [-0.25, -0.2) is 0 Å². The lowest BCUT2D eigenvalue weighted by Gasteiger charge is -2.06. The second-order valence-electron chi connectivity index (χ2n) is 5.25. The Morgan fingerprint density at radius 3 is 1.90 bits per heavy atom. The van der Waals surface area contributed by atoms with Crippen molar-refractivity contribution < 1.29 is 4.79 Å². The van der Waals surface area contributed by atoms with E-state index in [1.807, 2.05) is 0 Å². The van der Waals surface area contributed by atoms with Gasteiger partial charge in [-0.2, -0.15) is 0 Å². The van der Waals surface area contributed by atoms with Gasteiger partial charge in [0.2, 0.25) is 5.91 Å². The van der Waals surface area contributed by atoms with Crippen LogP contribution in [0.3, 0.4) is 0 Å². The summed E-state index contributed by atoms with van der Waals surface area (Å²) in [6.45, 7) is 4.73. The summed E-state index contributed by atoms with van der Waals surface area (Å²) in [5, 5.41) is 2.96. The Morgan fingerprint density at radius 1 is 0.850 bits per heavy atom. The van der Waals surface area contributed by atoms with E-state index in [1.54, 1.807) is 0 Å². The van der Waals surface area contributed by atoms with Crippen molar-refractivity contribution in [3.05, 3.63) is 70.8 Å². The third kappa shape index (κ3) is 4.54. The Hall–Kier alpha value is -2.09. The Balaban J connectivity index is 1.75. The number of benzene rings is 2. The topological polar surface area (TPSA) is 29.1 Å². The minimum Gasteiger partial charge on any atom is -0.352 e. The Bertz CT molecular complexity index is 503. The van der Waals surface area contributed by atoms with Gasteiger partial charge in [0.05, 0.1) is 0 Å². The van der Waals surface area contributed by atoms with Crippen molar-refractivity contribution in [3.63, 3.8) is 0 Å². The molecule has 1 amide bonds. The molecule has 0 saturated heterocycles. The fourth-order valence-corrected chi connectivity index (χ4v) is 2.01. The number of hydrogen-bond acceptors (Lipinski definition) is 1. The van der Waals surface area contributed by atoms with Crippen molar-refractivity contribution in [2.24, 2.45) is 0 Å². The first kappa shape index (κ1) is 14.3. The highest BCUT2D eigenvalue weighted by molar-refractivity contribution is 5.76.